The predicted molar refractivity (Wildman–Crippen MR) is 30.4 cm³/mol. The van der Waals surface area contributed by atoms with Crippen molar-refractivity contribution in [3.05, 3.63) is 11.6 Å². The summed E-state index contributed by atoms with van der Waals surface area (Å²) in [4.78, 5) is 0. The zero-order chi connectivity index (χ0) is 4.41. The van der Waals surface area contributed by atoms with Gasteiger partial charge in [0.2, 0.25) is 0 Å². The van der Waals surface area contributed by atoms with E-state index >= 15 is 0 Å². The molecule has 0 aliphatic carbocycles. The average molecular weight is 77.9 g/mol. The second-order valence-electron chi connectivity index (χ2n) is 1.59. The molecule has 0 fully saturated rings. The van der Waals surface area contributed by atoms with Crippen molar-refractivity contribution >= 4 is 12.9 Å². The topological polar surface area (TPSA) is 0 Å². The second kappa shape index (κ2) is 1.42. The standard InChI is InChI=1S/C5H7B/c1-5-2-3-6-4-5/h2,4H,3H2,1H3. The first-order valence-corrected chi connectivity index (χ1v) is 2.23. The van der Waals surface area contributed by atoms with Gasteiger partial charge in [0.1, 0.15) is 0 Å². The van der Waals surface area contributed by atoms with Gasteiger partial charge >= 0.3 is 37.8 Å². The first kappa shape index (κ1) is 3.85. The molecule has 0 aromatic heterocycles. The predicted octanol–water partition coefficient (Wildman–Crippen LogP) is 0.871. The molecule has 1 rings (SSSR count). The fourth-order valence-corrected chi connectivity index (χ4v) is 0.576. The molecule has 0 atom stereocenters. The summed E-state index contributed by atoms with van der Waals surface area (Å²) in [6.45, 7) is 4.28. The van der Waals surface area contributed by atoms with Gasteiger partial charge in [-0.3, -0.25) is 0 Å². The minimum atomic E-state index is 1.14. The average Bonchev–Trinajstić information content (AvgIpc) is 1.86. The SMILES string of the molecule is CC1=CCB=C1. The van der Waals surface area contributed by atoms with Crippen LogP contribution in [0.3, 0.4) is 0 Å². The van der Waals surface area contributed by atoms with Gasteiger partial charge in [-0.1, -0.05) is 0 Å². The van der Waals surface area contributed by atoms with Crippen LogP contribution in [0.4, 0.5) is 0 Å². The van der Waals surface area contributed by atoms with Crippen LogP contribution in [0.25, 0.3) is 0 Å². The molecule has 30 valence electrons. The summed E-state index contributed by atoms with van der Waals surface area (Å²) < 4.78 is 0. The maximum absolute atomic E-state index is 2.21. The third-order valence-corrected chi connectivity index (χ3v) is 0.957. The summed E-state index contributed by atoms with van der Waals surface area (Å²) in [5.74, 6) is 2.14. The van der Waals surface area contributed by atoms with Crippen LogP contribution in [-0.2, 0) is 0 Å². The van der Waals surface area contributed by atoms with E-state index in [2.05, 4.69) is 25.9 Å². The van der Waals surface area contributed by atoms with E-state index in [9.17, 15) is 0 Å². The van der Waals surface area contributed by atoms with Gasteiger partial charge in [-0.2, -0.15) is 0 Å². The van der Waals surface area contributed by atoms with Gasteiger partial charge in [-0.15, -0.1) is 0 Å². The maximum atomic E-state index is 2.21. The Labute approximate surface area is 38.8 Å². The van der Waals surface area contributed by atoms with E-state index in [0.717, 1.165) is 6.32 Å². The van der Waals surface area contributed by atoms with Crippen LogP contribution in [0.15, 0.2) is 11.6 Å². The van der Waals surface area contributed by atoms with Crippen LogP contribution in [0.5, 0.6) is 0 Å². The van der Waals surface area contributed by atoms with Crippen LogP contribution >= 0.6 is 0 Å². The molecule has 0 amide bonds. The van der Waals surface area contributed by atoms with Gasteiger partial charge < -0.3 is 0 Å². The van der Waals surface area contributed by atoms with Gasteiger partial charge in [0.05, 0.1) is 0 Å². The van der Waals surface area contributed by atoms with Crippen molar-refractivity contribution in [2.24, 2.45) is 0 Å². The van der Waals surface area contributed by atoms with E-state index in [4.69, 9.17) is 0 Å². The molecule has 0 saturated carbocycles. The fraction of sp³-hybridized carbons (Fsp3) is 0.400. The van der Waals surface area contributed by atoms with Crippen LogP contribution < -0.4 is 0 Å². The van der Waals surface area contributed by atoms with Crippen molar-refractivity contribution in [1.82, 2.24) is 0 Å². The molecule has 1 aliphatic heterocycles. The van der Waals surface area contributed by atoms with E-state index in [-0.39, 0.29) is 0 Å². The Morgan fingerprint density at radius 3 is 2.83 bits per heavy atom. The zero-order valence-electron chi connectivity index (χ0n) is 3.94. The molecule has 1 heterocycles. The van der Waals surface area contributed by atoms with Crippen LogP contribution in [0, 0.1) is 0 Å². The Morgan fingerprint density at radius 1 is 1.83 bits per heavy atom. The van der Waals surface area contributed by atoms with Crippen molar-refractivity contribution in [2.45, 2.75) is 13.2 Å². The van der Waals surface area contributed by atoms with E-state index in [1.165, 1.54) is 5.57 Å². The molecule has 0 saturated heterocycles. The molecular weight excluding hydrogens is 70.9 g/mol. The molecule has 0 spiro atoms. The number of rotatable bonds is 0. The van der Waals surface area contributed by atoms with Crippen LogP contribution in [0.2, 0.25) is 6.32 Å². The zero-order valence-corrected chi connectivity index (χ0v) is 3.94. The first-order valence-electron chi connectivity index (χ1n) is 2.23. The molecule has 6 heavy (non-hydrogen) atoms. The molecule has 0 radical (unpaired) electrons. The molecule has 1 aliphatic rings. The van der Waals surface area contributed by atoms with Crippen molar-refractivity contribution in [1.29, 1.82) is 0 Å². The Morgan fingerprint density at radius 2 is 2.67 bits per heavy atom. The van der Waals surface area contributed by atoms with Gasteiger partial charge in [-0.05, 0) is 0 Å². The van der Waals surface area contributed by atoms with Crippen LogP contribution in [0.1, 0.15) is 6.92 Å². The third-order valence-electron chi connectivity index (χ3n) is 0.957. The third kappa shape index (κ3) is 0.590. The molecular formula is C5H7B. The van der Waals surface area contributed by atoms with E-state index < -0.39 is 0 Å². The van der Waals surface area contributed by atoms with E-state index in [1.54, 1.807) is 0 Å². The molecule has 0 aromatic rings. The molecule has 0 unspecified atom stereocenters. The van der Waals surface area contributed by atoms with E-state index in [0.29, 0.717) is 0 Å². The summed E-state index contributed by atoms with van der Waals surface area (Å²) in [7, 11) is 0. The Hall–Kier alpha value is -0.325. The normalized spacial score (nSPS) is 17.2. The molecule has 0 nitrogen and oxygen atoms in total. The van der Waals surface area contributed by atoms with Crippen LogP contribution in [-0.4, -0.2) is 12.9 Å². The second-order valence-corrected chi connectivity index (χ2v) is 1.59. The van der Waals surface area contributed by atoms with Gasteiger partial charge in [-0.25, -0.2) is 0 Å². The summed E-state index contributed by atoms with van der Waals surface area (Å²) in [5, 5.41) is 0. The van der Waals surface area contributed by atoms with E-state index in [1.807, 2.05) is 0 Å². The summed E-state index contributed by atoms with van der Waals surface area (Å²) in [5.41, 5.74) is 1.40. The number of hydrogen-bond donors (Lipinski definition) is 0. The minimum absolute atomic E-state index is 1.14. The monoisotopic (exact) mass is 78.1 g/mol. The summed E-state index contributed by atoms with van der Waals surface area (Å²) in [6.07, 6.45) is 3.35. The van der Waals surface area contributed by atoms with Crippen molar-refractivity contribution in [3.63, 3.8) is 0 Å². The summed E-state index contributed by atoms with van der Waals surface area (Å²) >= 11 is 0. The van der Waals surface area contributed by atoms with Crippen molar-refractivity contribution in [2.75, 3.05) is 0 Å². The molecule has 0 aromatic carbocycles. The molecule has 1 heteroatoms. The van der Waals surface area contributed by atoms with Gasteiger partial charge in [0, 0.05) is 0 Å². The first-order chi connectivity index (χ1) is 2.89. The fourth-order valence-electron chi connectivity index (χ4n) is 0.576. The quantitative estimate of drug-likeness (QED) is 0.377. The molecule has 0 N–H and O–H groups in total. The number of allylic oxidation sites excluding steroid dienone is 2. The van der Waals surface area contributed by atoms with Gasteiger partial charge in [0.15, 0.2) is 0 Å². The Balaban J connectivity index is 2.68. The van der Waals surface area contributed by atoms with Crippen molar-refractivity contribution < 1.29 is 0 Å². The summed E-state index contributed by atoms with van der Waals surface area (Å²) in [6, 6.07) is 0. The molecule has 0 bridgehead atoms. The Bertz CT molecular complexity index is 97.8. The Kier molecular flexibility index (Phi) is 0.910. The van der Waals surface area contributed by atoms with Crippen molar-refractivity contribution in [3.8, 4) is 0 Å². The van der Waals surface area contributed by atoms with Gasteiger partial charge in [0.25, 0.3) is 0 Å². The number of hydrogen-bond acceptors (Lipinski definition) is 0.